The Hall–Kier alpha value is -0.360. The summed E-state index contributed by atoms with van der Waals surface area (Å²) < 4.78 is 0. The van der Waals surface area contributed by atoms with E-state index in [0.29, 0.717) is 5.92 Å². The zero-order chi connectivity index (χ0) is 11.3. The molecule has 1 saturated carbocycles. The molecule has 3 aliphatic rings. The first-order valence-corrected chi connectivity index (χ1v) is 6.26. The molecule has 0 bridgehead atoms. The molecule has 2 saturated heterocycles. The normalized spacial score (nSPS) is 51.1. The predicted molar refractivity (Wildman–Crippen MR) is 58.9 cm³/mol. The number of rotatable bonds is 1. The minimum absolute atomic E-state index is 0.0513. The Bertz CT molecular complexity index is 314. The highest BCUT2D eigenvalue weighted by Gasteiger charge is 2.54. The molecule has 2 heterocycles. The van der Waals surface area contributed by atoms with Gasteiger partial charge in [-0.15, -0.1) is 11.6 Å². The van der Waals surface area contributed by atoms with E-state index in [1.165, 1.54) is 0 Å². The number of carboxylic acids is 1. The summed E-state index contributed by atoms with van der Waals surface area (Å²) in [6.45, 7) is 0. The van der Waals surface area contributed by atoms with Gasteiger partial charge in [0.05, 0.1) is 6.17 Å². The third-order valence-electron chi connectivity index (χ3n) is 4.16. The average Bonchev–Trinajstić information content (AvgIpc) is 2.77. The van der Waals surface area contributed by atoms with Gasteiger partial charge in [-0.05, 0) is 18.8 Å². The number of aliphatic carboxylic acids is 1. The Morgan fingerprint density at radius 3 is 2.88 bits per heavy atom. The van der Waals surface area contributed by atoms with Crippen molar-refractivity contribution in [2.24, 2.45) is 11.8 Å². The maximum absolute atomic E-state index is 11.1. The lowest BCUT2D eigenvalue weighted by molar-refractivity contribution is -0.140. The van der Waals surface area contributed by atoms with E-state index in [1.807, 2.05) is 0 Å². The van der Waals surface area contributed by atoms with Gasteiger partial charge in [0.25, 0.3) is 0 Å². The molecule has 0 aromatic rings. The van der Waals surface area contributed by atoms with Crippen LogP contribution < -0.4 is 16.2 Å². The fraction of sp³-hybridized carbons (Fsp3) is 0.900. The van der Waals surface area contributed by atoms with E-state index in [2.05, 4.69) is 16.2 Å². The summed E-state index contributed by atoms with van der Waals surface area (Å²) in [5.41, 5.74) is 5.88. The number of hydrazine groups is 1. The molecule has 0 radical (unpaired) electrons. The molecule has 6 heteroatoms. The minimum Gasteiger partial charge on any atom is -0.480 e. The monoisotopic (exact) mass is 245 g/mol. The Morgan fingerprint density at radius 1 is 1.31 bits per heavy atom. The van der Waals surface area contributed by atoms with Gasteiger partial charge in [0.15, 0.2) is 0 Å². The molecule has 0 spiro atoms. The number of carbonyl (C=O) groups is 1. The molecular weight excluding hydrogens is 230 g/mol. The summed E-state index contributed by atoms with van der Waals surface area (Å²) in [5.74, 6) is -0.284. The van der Waals surface area contributed by atoms with Crippen molar-refractivity contribution in [2.75, 3.05) is 0 Å². The Morgan fingerprint density at radius 2 is 2.12 bits per heavy atom. The number of carboxylic acid groups (broad SMARTS) is 1. The van der Waals surface area contributed by atoms with Gasteiger partial charge < -0.3 is 5.11 Å². The standard InChI is InChI=1S/C10H16ClN3O2/c11-5-3-1-2-4-6-8(10(15)16)13-14-9(6)12-7(4)5/h4-9,12-14H,1-3H2,(H,15,16). The number of nitrogens with one attached hydrogen (secondary N) is 3. The SMILES string of the molecule is O=C(O)C1NNC2NC3C(Cl)CCCC3C21. The lowest BCUT2D eigenvalue weighted by Crippen LogP contribution is -2.49. The smallest absolute Gasteiger partial charge is 0.322 e. The lowest BCUT2D eigenvalue weighted by Gasteiger charge is -2.32. The molecule has 3 fully saturated rings. The Kier molecular flexibility index (Phi) is 2.58. The van der Waals surface area contributed by atoms with Crippen LogP contribution in [0.15, 0.2) is 0 Å². The second kappa shape index (κ2) is 3.84. The highest BCUT2D eigenvalue weighted by molar-refractivity contribution is 6.21. The number of alkyl halides is 1. The maximum Gasteiger partial charge on any atom is 0.322 e. The molecular formula is C10H16ClN3O2. The Balaban J connectivity index is 1.84. The van der Waals surface area contributed by atoms with E-state index in [0.717, 1.165) is 19.3 Å². The largest absolute Gasteiger partial charge is 0.480 e. The van der Waals surface area contributed by atoms with Crippen LogP contribution >= 0.6 is 11.6 Å². The summed E-state index contributed by atoms with van der Waals surface area (Å²) in [4.78, 5) is 11.1. The van der Waals surface area contributed by atoms with Crippen LogP contribution in [0.1, 0.15) is 19.3 Å². The van der Waals surface area contributed by atoms with Gasteiger partial charge in [0.2, 0.25) is 0 Å². The summed E-state index contributed by atoms with van der Waals surface area (Å²) in [7, 11) is 0. The quantitative estimate of drug-likeness (QED) is 0.485. The molecule has 4 N–H and O–H groups in total. The molecule has 6 unspecified atom stereocenters. The first-order chi connectivity index (χ1) is 7.68. The van der Waals surface area contributed by atoms with Crippen molar-refractivity contribution >= 4 is 17.6 Å². The number of halogens is 1. The van der Waals surface area contributed by atoms with Crippen LogP contribution in [0.3, 0.4) is 0 Å². The summed E-state index contributed by atoms with van der Waals surface area (Å²) >= 11 is 6.30. The van der Waals surface area contributed by atoms with Crippen molar-refractivity contribution in [1.29, 1.82) is 0 Å². The first-order valence-electron chi connectivity index (χ1n) is 5.82. The highest BCUT2D eigenvalue weighted by atomic mass is 35.5. The molecule has 1 aliphatic carbocycles. The van der Waals surface area contributed by atoms with Gasteiger partial charge in [0, 0.05) is 17.3 Å². The highest BCUT2D eigenvalue weighted by Crippen LogP contribution is 2.42. The zero-order valence-electron chi connectivity index (χ0n) is 8.82. The maximum atomic E-state index is 11.1. The average molecular weight is 246 g/mol. The molecule has 0 aromatic heterocycles. The zero-order valence-corrected chi connectivity index (χ0v) is 9.57. The summed E-state index contributed by atoms with van der Waals surface area (Å²) in [6, 6.07) is -0.226. The molecule has 5 nitrogen and oxygen atoms in total. The topological polar surface area (TPSA) is 73.4 Å². The van der Waals surface area contributed by atoms with Crippen LogP contribution in [0.2, 0.25) is 0 Å². The third kappa shape index (κ3) is 1.46. The van der Waals surface area contributed by atoms with Crippen molar-refractivity contribution in [1.82, 2.24) is 16.2 Å². The molecule has 3 rings (SSSR count). The van der Waals surface area contributed by atoms with Crippen LogP contribution in [0.25, 0.3) is 0 Å². The number of hydrogen-bond donors (Lipinski definition) is 4. The van der Waals surface area contributed by atoms with Gasteiger partial charge in [-0.3, -0.25) is 10.1 Å². The van der Waals surface area contributed by atoms with E-state index in [-0.39, 0.29) is 23.5 Å². The second-order valence-electron chi connectivity index (χ2n) is 4.96. The van der Waals surface area contributed by atoms with Crippen LogP contribution in [-0.4, -0.2) is 34.7 Å². The van der Waals surface area contributed by atoms with Gasteiger partial charge in [0.1, 0.15) is 6.04 Å². The van der Waals surface area contributed by atoms with E-state index >= 15 is 0 Å². The third-order valence-corrected chi connectivity index (χ3v) is 4.65. The first kappa shape index (κ1) is 10.8. The molecule has 0 aromatic carbocycles. The predicted octanol–water partition coefficient (Wildman–Crippen LogP) is -0.131. The van der Waals surface area contributed by atoms with Crippen molar-refractivity contribution in [3.8, 4) is 0 Å². The molecule has 0 amide bonds. The van der Waals surface area contributed by atoms with E-state index < -0.39 is 12.0 Å². The van der Waals surface area contributed by atoms with Crippen molar-refractivity contribution in [3.05, 3.63) is 0 Å². The van der Waals surface area contributed by atoms with Crippen molar-refractivity contribution in [3.63, 3.8) is 0 Å². The fourth-order valence-corrected chi connectivity index (χ4v) is 3.90. The van der Waals surface area contributed by atoms with Gasteiger partial charge in [-0.2, -0.15) is 0 Å². The number of fused-ring (bicyclic) bond motifs is 3. The molecule has 16 heavy (non-hydrogen) atoms. The van der Waals surface area contributed by atoms with Gasteiger partial charge >= 0.3 is 5.97 Å². The van der Waals surface area contributed by atoms with Crippen molar-refractivity contribution in [2.45, 2.75) is 42.9 Å². The lowest BCUT2D eigenvalue weighted by atomic mass is 9.76. The van der Waals surface area contributed by atoms with Crippen LogP contribution in [0.4, 0.5) is 0 Å². The van der Waals surface area contributed by atoms with Crippen LogP contribution in [-0.2, 0) is 4.79 Å². The van der Waals surface area contributed by atoms with Gasteiger partial charge in [-0.1, -0.05) is 6.42 Å². The van der Waals surface area contributed by atoms with E-state index in [4.69, 9.17) is 16.7 Å². The molecule has 6 atom stereocenters. The minimum atomic E-state index is -0.779. The summed E-state index contributed by atoms with van der Waals surface area (Å²) in [6.07, 6.45) is 3.26. The Labute approximate surface area is 98.9 Å². The van der Waals surface area contributed by atoms with Crippen molar-refractivity contribution < 1.29 is 9.90 Å². The fourth-order valence-electron chi connectivity index (χ4n) is 3.48. The molecule has 2 aliphatic heterocycles. The van der Waals surface area contributed by atoms with E-state index in [1.54, 1.807) is 0 Å². The van der Waals surface area contributed by atoms with E-state index in [9.17, 15) is 4.79 Å². The molecule has 90 valence electrons. The van der Waals surface area contributed by atoms with Crippen LogP contribution in [0.5, 0.6) is 0 Å². The summed E-state index contributed by atoms with van der Waals surface area (Å²) in [5, 5.41) is 12.7. The van der Waals surface area contributed by atoms with Crippen LogP contribution in [0, 0.1) is 11.8 Å². The number of hydrogen-bond acceptors (Lipinski definition) is 4. The second-order valence-corrected chi connectivity index (χ2v) is 5.52. The van der Waals surface area contributed by atoms with Gasteiger partial charge in [-0.25, -0.2) is 10.9 Å².